The van der Waals surface area contributed by atoms with Gasteiger partial charge in [-0.25, -0.2) is 9.07 Å². The summed E-state index contributed by atoms with van der Waals surface area (Å²) in [7, 11) is 0. The molecular weight excluding hydrogens is 506 g/mol. The molecule has 0 atom stereocenters. The van der Waals surface area contributed by atoms with Crippen LogP contribution in [-0.4, -0.2) is 38.2 Å². The molecule has 4 rings (SSSR count). The number of nitrogens with zero attached hydrogens (tertiary/aromatic N) is 4. The van der Waals surface area contributed by atoms with Gasteiger partial charge >= 0.3 is 6.18 Å². The highest BCUT2D eigenvalue weighted by atomic mass is 19.4. The molecule has 1 N–H and O–H groups in total. The molecule has 8 nitrogen and oxygen atoms in total. The molecule has 0 radical (unpaired) electrons. The van der Waals surface area contributed by atoms with Crippen LogP contribution in [0.15, 0.2) is 35.0 Å². The average Bonchev–Trinajstić information content (AvgIpc) is 3.55. The number of hydrogen-bond donors (Lipinski definition) is 1. The minimum atomic E-state index is -4.91. The van der Waals surface area contributed by atoms with Gasteiger partial charge in [0.25, 0.3) is 5.91 Å². The number of amides is 1. The van der Waals surface area contributed by atoms with Gasteiger partial charge in [-0.15, -0.1) is 0 Å². The van der Waals surface area contributed by atoms with E-state index in [9.17, 15) is 27.2 Å². The first-order chi connectivity index (χ1) is 18.0. The van der Waals surface area contributed by atoms with Gasteiger partial charge in [0.2, 0.25) is 5.89 Å². The Kier molecular flexibility index (Phi) is 8.27. The highest BCUT2D eigenvalue weighted by Crippen LogP contribution is 2.36. The number of halogens is 4. The quantitative estimate of drug-likeness (QED) is 0.283. The molecule has 1 fully saturated rings. The SMILES string of the molecule is CC(C)c1nc(C2CCC(C(=O)CCCNC(=O)c3cn(-c4ccccc4F)nc3C(F)(F)F)CC2)no1. The van der Waals surface area contributed by atoms with E-state index in [4.69, 9.17) is 4.52 Å². The van der Waals surface area contributed by atoms with E-state index in [2.05, 4.69) is 20.6 Å². The Balaban J connectivity index is 1.27. The Bertz CT molecular complexity index is 1280. The van der Waals surface area contributed by atoms with E-state index < -0.39 is 29.2 Å². The Labute approximate surface area is 216 Å². The summed E-state index contributed by atoms with van der Waals surface area (Å²) in [6.45, 7) is 3.97. The van der Waals surface area contributed by atoms with Crippen LogP contribution < -0.4 is 5.32 Å². The van der Waals surface area contributed by atoms with Crippen molar-refractivity contribution in [2.75, 3.05) is 6.54 Å². The van der Waals surface area contributed by atoms with E-state index >= 15 is 0 Å². The summed E-state index contributed by atoms with van der Waals surface area (Å²) in [4.78, 5) is 29.7. The van der Waals surface area contributed by atoms with Gasteiger partial charge in [-0.2, -0.15) is 23.3 Å². The van der Waals surface area contributed by atoms with Crippen LogP contribution in [0.3, 0.4) is 0 Å². The van der Waals surface area contributed by atoms with Crippen LogP contribution in [0.5, 0.6) is 0 Å². The van der Waals surface area contributed by atoms with Crippen molar-refractivity contribution in [2.45, 2.75) is 70.4 Å². The van der Waals surface area contributed by atoms with Crippen molar-refractivity contribution in [1.29, 1.82) is 0 Å². The van der Waals surface area contributed by atoms with E-state index in [1.54, 1.807) is 0 Å². The number of ketones is 1. The van der Waals surface area contributed by atoms with Crippen LogP contribution in [0, 0.1) is 11.7 Å². The summed E-state index contributed by atoms with van der Waals surface area (Å²) < 4.78 is 60.5. The number of hydrogen-bond acceptors (Lipinski definition) is 6. The molecule has 1 aliphatic carbocycles. The van der Waals surface area contributed by atoms with Crippen LogP contribution in [0.4, 0.5) is 17.6 Å². The smallest absolute Gasteiger partial charge is 0.352 e. The maximum atomic E-state index is 14.0. The fraction of sp³-hybridized carbons (Fsp3) is 0.500. The van der Waals surface area contributed by atoms with Crippen LogP contribution >= 0.6 is 0 Å². The summed E-state index contributed by atoms with van der Waals surface area (Å²) >= 11 is 0. The van der Waals surface area contributed by atoms with Gasteiger partial charge in [-0.1, -0.05) is 31.1 Å². The van der Waals surface area contributed by atoms with Gasteiger partial charge < -0.3 is 9.84 Å². The zero-order valence-electron chi connectivity index (χ0n) is 21.1. The van der Waals surface area contributed by atoms with Crippen molar-refractivity contribution in [3.63, 3.8) is 0 Å². The lowest BCUT2D eigenvalue weighted by Gasteiger charge is -2.25. The first-order valence-electron chi connectivity index (χ1n) is 12.6. The zero-order valence-corrected chi connectivity index (χ0v) is 21.1. The number of carbonyl (C=O) groups is 2. The van der Waals surface area contributed by atoms with Crippen LogP contribution in [0.2, 0.25) is 0 Å². The van der Waals surface area contributed by atoms with Crippen LogP contribution in [0.25, 0.3) is 5.69 Å². The Morgan fingerprint density at radius 1 is 1.16 bits per heavy atom. The molecular formula is C26H29F4N5O3. The van der Waals surface area contributed by atoms with Crippen molar-refractivity contribution in [1.82, 2.24) is 25.2 Å². The summed E-state index contributed by atoms with van der Waals surface area (Å²) in [5, 5.41) is 9.91. The molecule has 1 aliphatic rings. The summed E-state index contributed by atoms with van der Waals surface area (Å²) in [6, 6.07) is 5.18. The molecule has 0 aliphatic heterocycles. The molecule has 2 heterocycles. The number of aromatic nitrogens is 4. The number of alkyl halides is 3. The van der Waals surface area contributed by atoms with Crippen molar-refractivity contribution < 1.29 is 31.7 Å². The normalized spacial score (nSPS) is 18.1. The van der Waals surface area contributed by atoms with Gasteiger partial charge in [-0.05, 0) is 44.2 Å². The van der Waals surface area contributed by atoms with Crippen LogP contribution in [-0.2, 0) is 11.0 Å². The van der Waals surface area contributed by atoms with E-state index in [0.717, 1.165) is 25.1 Å². The molecule has 2 aromatic heterocycles. The standard InChI is InChI=1S/C26H29F4N5O3/c1-15(2)25-32-23(34-38-25)17-11-9-16(10-12-17)21(36)8-5-13-31-24(37)18-14-35(33-22(18)26(28,29)30)20-7-4-3-6-19(20)27/h3-4,6-7,14-17H,5,8-13H2,1-2H3,(H,31,37). The fourth-order valence-electron chi connectivity index (χ4n) is 4.60. The highest BCUT2D eigenvalue weighted by Gasteiger charge is 2.39. The van der Waals surface area contributed by atoms with Crippen molar-refractivity contribution >= 4 is 11.7 Å². The second-order valence-electron chi connectivity index (χ2n) is 9.80. The van der Waals surface area contributed by atoms with E-state index in [0.29, 0.717) is 29.2 Å². The van der Waals surface area contributed by atoms with Crippen molar-refractivity contribution in [2.24, 2.45) is 5.92 Å². The van der Waals surface area contributed by atoms with Gasteiger partial charge in [0.05, 0.1) is 5.56 Å². The maximum Gasteiger partial charge on any atom is 0.435 e. The lowest BCUT2D eigenvalue weighted by atomic mass is 9.79. The summed E-state index contributed by atoms with van der Waals surface area (Å²) in [5.41, 5.74) is -2.34. The molecule has 0 spiro atoms. The topological polar surface area (TPSA) is 103 Å². The van der Waals surface area contributed by atoms with Gasteiger partial charge in [-0.3, -0.25) is 9.59 Å². The molecule has 1 saturated carbocycles. The predicted octanol–water partition coefficient (Wildman–Crippen LogP) is 5.59. The van der Waals surface area contributed by atoms with Gasteiger partial charge in [0, 0.05) is 36.9 Å². The number of nitrogens with one attached hydrogen (secondary N) is 1. The second kappa shape index (κ2) is 11.4. The lowest BCUT2D eigenvalue weighted by Crippen LogP contribution is -2.28. The molecule has 0 unspecified atom stereocenters. The van der Waals surface area contributed by atoms with Crippen molar-refractivity contribution in [3.8, 4) is 5.69 Å². The second-order valence-corrected chi connectivity index (χ2v) is 9.80. The molecule has 3 aromatic rings. The zero-order chi connectivity index (χ0) is 27.4. The van der Waals surface area contributed by atoms with E-state index in [1.807, 2.05) is 13.8 Å². The first kappa shape index (κ1) is 27.5. The number of benzene rings is 1. The molecule has 12 heteroatoms. The number of para-hydroxylation sites is 1. The van der Waals surface area contributed by atoms with E-state index in [1.165, 1.54) is 18.2 Å². The van der Waals surface area contributed by atoms with Gasteiger partial charge in [0.15, 0.2) is 11.5 Å². The Hall–Kier alpha value is -3.57. The Morgan fingerprint density at radius 2 is 1.87 bits per heavy atom. The van der Waals surface area contributed by atoms with E-state index in [-0.39, 0.29) is 48.6 Å². The monoisotopic (exact) mass is 535 g/mol. The molecule has 0 saturated heterocycles. The first-order valence-corrected chi connectivity index (χ1v) is 12.6. The molecule has 1 aromatic carbocycles. The third-order valence-electron chi connectivity index (χ3n) is 6.71. The molecule has 0 bridgehead atoms. The minimum absolute atomic E-state index is 0.0168. The summed E-state index contributed by atoms with van der Waals surface area (Å²) in [5.74, 6) is -0.220. The Morgan fingerprint density at radius 3 is 2.50 bits per heavy atom. The minimum Gasteiger partial charge on any atom is -0.352 e. The third kappa shape index (κ3) is 6.28. The fourth-order valence-corrected chi connectivity index (χ4v) is 4.60. The number of rotatable bonds is 9. The molecule has 204 valence electrons. The predicted molar refractivity (Wildman–Crippen MR) is 128 cm³/mol. The maximum absolute atomic E-state index is 14.0. The summed E-state index contributed by atoms with van der Waals surface area (Å²) in [6.07, 6.45) is -0.611. The third-order valence-corrected chi connectivity index (χ3v) is 6.71. The highest BCUT2D eigenvalue weighted by molar-refractivity contribution is 5.95. The number of Topliss-reactive ketones (excluding diaryl/α,β-unsaturated/α-hetero) is 1. The van der Waals surface area contributed by atoms with Gasteiger partial charge in [0.1, 0.15) is 17.3 Å². The average molecular weight is 536 g/mol. The largest absolute Gasteiger partial charge is 0.435 e. The number of carbonyl (C=O) groups excluding carboxylic acids is 2. The van der Waals surface area contributed by atoms with Crippen molar-refractivity contribution in [3.05, 3.63) is 59.3 Å². The lowest BCUT2D eigenvalue weighted by molar-refractivity contribution is -0.141. The molecule has 1 amide bonds. The molecule has 38 heavy (non-hydrogen) atoms. The van der Waals surface area contributed by atoms with Crippen LogP contribution in [0.1, 0.15) is 92.0 Å².